The molecule has 1 aromatic carbocycles. The SMILES string of the molecule is CSCC[C@H](NC(=O)c1ccc(Cl)cc1Cl)C(=O)NC1CCN(C(C)=O)CC1. The van der Waals surface area contributed by atoms with E-state index in [0.717, 1.165) is 5.75 Å². The summed E-state index contributed by atoms with van der Waals surface area (Å²) in [7, 11) is 0. The third-order valence-corrected chi connectivity index (χ3v) is 5.89. The number of carbonyl (C=O) groups excluding carboxylic acids is 3. The van der Waals surface area contributed by atoms with Crippen molar-refractivity contribution in [2.45, 2.75) is 38.3 Å². The van der Waals surface area contributed by atoms with E-state index in [4.69, 9.17) is 23.2 Å². The summed E-state index contributed by atoms with van der Waals surface area (Å²) in [6.07, 6.45) is 3.87. The maximum atomic E-state index is 12.8. The molecule has 1 heterocycles. The molecule has 154 valence electrons. The molecule has 0 bridgehead atoms. The Balaban J connectivity index is 1.99. The fourth-order valence-corrected chi connectivity index (χ4v) is 4.02. The van der Waals surface area contributed by atoms with Crippen molar-refractivity contribution in [1.82, 2.24) is 15.5 Å². The number of thioether (sulfide) groups is 1. The average molecular weight is 446 g/mol. The van der Waals surface area contributed by atoms with E-state index in [-0.39, 0.29) is 28.4 Å². The second-order valence-electron chi connectivity index (χ2n) is 6.72. The van der Waals surface area contributed by atoms with Crippen LogP contribution in [0.1, 0.15) is 36.5 Å². The van der Waals surface area contributed by atoms with Crippen molar-refractivity contribution in [2.75, 3.05) is 25.1 Å². The Morgan fingerprint density at radius 2 is 1.93 bits per heavy atom. The zero-order valence-corrected chi connectivity index (χ0v) is 18.3. The van der Waals surface area contributed by atoms with E-state index in [1.54, 1.807) is 35.7 Å². The Hall–Kier alpha value is -1.44. The van der Waals surface area contributed by atoms with Crippen LogP contribution in [0.5, 0.6) is 0 Å². The number of piperidine rings is 1. The van der Waals surface area contributed by atoms with E-state index >= 15 is 0 Å². The topological polar surface area (TPSA) is 78.5 Å². The van der Waals surface area contributed by atoms with E-state index in [1.807, 2.05) is 6.26 Å². The molecule has 6 nitrogen and oxygen atoms in total. The summed E-state index contributed by atoms with van der Waals surface area (Å²) in [4.78, 5) is 38.6. The van der Waals surface area contributed by atoms with Gasteiger partial charge in [-0.2, -0.15) is 11.8 Å². The standard InChI is InChI=1S/C19H25Cl2N3O3S/c1-12(25)24-8-5-14(6-9-24)22-19(27)17(7-10-28-2)23-18(26)15-4-3-13(20)11-16(15)21/h3-4,11,14,17H,5-10H2,1-2H3,(H,22,27)(H,23,26)/t17-/m0/s1. The van der Waals surface area contributed by atoms with Gasteiger partial charge >= 0.3 is 0 Å². The van der Waals surface area contributed by atoms with Crippen LogP contribution in [0.2, 0.25) is 10.0 Å². The maximum Gasteiger partial charge on any atom is 0.253 e. The monoisotopic (exact) mass is 445 g/mol. The van der Waals surface area contributed by atoms with Crippen LogP contribution in [0.3, 0.4) is 0 Å². The van der Waals surface area contributed by atoms with Crippen molar-refractivity contribution in [3.8, 4) is 0 Å². The van der Waals surface area contributed by atoms with Crippen molar-refractivity contribution in [3.63, 3.8) is 0 Å². The lowest BCUT2D eigenvalue weighted by atomic mass is 10.0. The van der Waals surface area contributed by atoms with E-state index in [0.29, 0.717) is 37.4 Å². The Morgan fingerprint density at radius 3 is 2.50 bits per heavy atom. The largest absolute Gasteiger partial charge is 0.351 e. The summed E-state index contributed by atoms with van der Waals surface area (Å²) in [5.41, 5.74) is 0.280. The molecule has 0 aromatic heterocycles. The molecule has 0 radical (unpaired) electrons. The average Bonchev–Trinajstić information content (AvgIpc) is 2.65. The first kappa shape index (κ1) is 22.8. The van der Waals surface area contributed by atoms with Gasteiger partial charge in [0.2, 0.25) is 11.8 Å². The summed E-state index contributed by atoms with van der Waals surface area (Å²) >= 11 is 13.6. The molecule has 0 unspecified atom stereocenters. The van der Waals surface area contributed by atoms with Crippen LogP contribution in [-0.4, -0.2) is 59.8 Å². The van der Waals surface area contributed by atoms with Crippen LogP contribution in [0, 0.1) is 0 Å². The van der Waals surface area contributed by atoms with Gasteiger partial charge in [-0.1, -0.05) is 23.2 Å². The highest BCUT2D eigenvalue weighted by atomic mass is 35.5. The van der Waals surface area contributed by atoms with Crippen LogP contribution in [0.25, 0.3) is 0 Å². The molecule has 0 aliphatic carbocycles. The maximum absolute atomic E-state index is 12.8. The number of hydrogen-bond acceptors (Lipinski definition) is 4. The lowest BCUT2D eigenvalue weighted by Gasteiger charge is -2.32. The predicted octanol–water partition coefficient (Wildman–Crippen LogP) is 2.97. The van der Waals surface area contributed by atoms with Gasteiger partial charge in [-0.3, -0.25) is 14.4 Å². The van der Waals surface area contributed by atoms with Crippen LogP contribution < -0.4 is 10.6 Å². The van der Waals surface area contributed by atoms with Crippen molar-refractivity contribution in [2.24, 2.45) is 0 Å². The fourth-order valence-electron chi connectivity index (χ4n) is 3.05. The highest BCUT2D eigenvalue weighted by molar-refractivity contribution is 7.98. The molecule has 3 amide bonds. The fraction of sp³-hybridized carbons (Fsp3) is 0.526. The van der Waals surface area contributed by atoms with Gasteiger partial charge in [-0.05, 0) is 49.5 Å². The number of nitrogens with zero attached hydrogens (tertiary/aromatic N) is 1. The van der Waals surface area contributed by atoms with Crippen LogP contribution in [0.4, 0.5) is 0 Å². The summed E-state index contributed by atoms with van der Waals surface area (Å²) in [5.74, 6) is 0.160. The second-order valence-corrected chi connectivity index (χ2v) is 8.55. The van der Waals surface area contributed by atoms with Gasteiger partial charge in [0.25, 0.3) is 5.91 Å². The van der Waals surface area contributed by atoms with E-state index in [1.165, 1.54) is 6.07 Å². The summed E-state index contributed by atoms with van der Waals surface area (Å²) < 4.78 is 0. The molecule has 2 rings (SSSR count). The number of carbonyl (C=O) groups is 3. The second kappa shape index (κ2) is 10.9. The van der Waals surface area contributed by atoms with Gasteiger partial charge in [0.05, 0.1) is 10.6 Å². The summed E-state index contributed by atoms with van der Waals surface area (Å²) in [6, 6.07) is 3.97. The first-order chi connectivity index (χ1) is 13.3. The van der Waals surface area contributed by atoms with E-state index < -0.39 is 11.9 Å². The number of rotatable bonds is 7. The highest BCUT2D eigenvalue weighted by Gasteiger charge is 2.27. The van der Waals surface area contributed by atoms with Gasteiger partial charge in [0, 0.05) is 31.1 Å². The minimum Gasteiger partial charge on any atom is -0.351 e. The summed E-state index contributed by atoms with van der Waals surface area (Å²) in [6.45, 7) is 2.81. The first-order valence-electron chi connectivity index (χ1n) is 9.12. The third-order valence-electron chi connectivity index (χ3n) is 4.69. The van der Waals surface area contributed by atoms with Crippen molar-refractivity contribution >= 4 is 52.7 Å². The minimum absolute atomic E-state index is 0.00379. The Labute approximate surface area is 179 Å². The lowest BCUT2D eigenvalue weighted by Crippen LogP contribution is -2.52. The molecule has 1 atom stereocenters. The molecular formula is C19H25Cl2N3O3S. The van der Waals surface area contributed by atoms with Crippen molar-refractivity contribution in [3.05, 3.63) is 33.8 Å². The molecule has 1 aromatic rings. The molecule has 0 spiro atoms. The van der Waals surface area contributed by atoms with Gasteiger partial charge in [-0.25, -0.2) is 0 Å². The lowest BCUT2D eigenvalue weighted by molar-refractivity contribution is -0.130. The molecule has 2 N–H and O–H groups in total. The molecule has 1 aliphatic heterocycles. The minimum atomic E-state index is -0.655. The molecule has 1 saturated heterocycles. The first-order valence-corrected chi connectivity index (χ1v) is 11.3. The Morgan fingerprint density at radius 1 is 1.25 bits per heavy atom. The Kier molecular flexibility index (Phi) is 8.92. The quantitative estimate of drug-likeness (QED) is 0.675. The van der Waals surface area contributed by atoms with E-state index in [9.17, 15) is 14.4 Å². The molecule has 28 heavy (non-hydrogen) atoms. The predicted molar refractivity (Wildman–Crippen MR) is 114 cm³/mol. The van der Waals surface area contributed by atoms with E-state index in [2.05, 4.69) is 10.6 Å². The van der Waals surface area contributed by atoms with Crippen LogP contribution in [-0.2, 0) is 9.59 Å². The van der Waals surface area contributed by atoms with Crippen molar-refractivity contribution < 1.29 is 14.4 Å². The number of likely N-dealkylation sites (tertiary alicyclic amines) is 1. The zero-order chi connectivity index (χ0) is 20.7. The molecular weight excluding hydrogens is 421 g/mol. The van der Waals surface area contributed by atoms with Gasteiger partial charge < -0.3 is 15.5 Å². The van der Waals surface area contributed by atoms with Gasteiger partial charge in [-0.15, -0.1) is 0 Å². The number of halogens is 2. The summed E-state index contributed by atoms with van der Waals surface area (Å²) in [5, 5.41) is 6.48. The molecule has 9 heteroatoms. The third kappa shape index (κ3) is 6.57. The van der Waals surface area contributed by atoms with Crippen LogP contribution >= 0.6 is 35.0 Å². The smallest absolute Gasteiger partial charge is 0.253 e. The molecule has 0 saturated carbocycles. The van der Waals surface area contributed by atoms with Gasteiger partial charge in [0.15, 0.2) is 0 Å². The number of nitrogens with one attached hydrogen (secondary N) is 2. The normalized spacial score (nSPS) is 15.8. The highest BCUT2D eigenvalue weighted by Crippen LogP contribution is 2.21. The van der Waals surface area contributed by atoms with Crippen molar-refractivity contribution in [1.29, 1.82) is 0 Å². The molecule has 1 aliphatic rings. The molecule has 1 fully saturated rings. The van der Waals surface area contributed by atoms with Crippen LogP contribution in [0.15, 0.2) is 18.2 Å². The zero-order valence-electron chi connectivity index (χ0n) is 16.0. The number of benzene rings is 1. The number of amides is 3. The Bertz CT molecular complexity index is 724. The number of hydrogen-bond donors (Lipinski definition) is 2. The van der Waals surface area contributed by atoms with Gasteiger partial charge in [0.1, 0.15) is 6.04 Å².